The summed E-state index contributed by atoms with van der Waals surface area (Å²) in [6, 6.07) is 0. The van der Waals surface area contributed by atoms with Crippen molar-refractivity contribution in [3.05, 3.63) is 18.2 Å². The Balaban J connectivity index is 1.95. The summed E-state index contributed by atoms with van der Waals surface area (Å²) in [5.74, 6) is 0.618. The third-order valence-electron chi connectivity index (χ3n) is 3.56. The SMILES string of the molecule is CC1OCCC1Cn1cncc1CNC(C)(C)C. The zero-order valence-corrected chi connectivity index (χ0v) is 11.9. The van der Waals surface area contributed by atoms with Gasteiger partial charge in [0.15, 0.2) is 0 Å². The van der Waals surface area contributed by atoms with Crippen LogP contribution in [0.25, 0.3) is 0 Å². The minimum Gasteiger partial charge on any atom is -0.378 e. The maximum absolute atomic E-state index is 5.62. The molecule has 0 amide bonds. The van der Waals surface area contributed by atoms with Crippen molar-refractivity contribution >= 4 is 0 Å². The molecule has 4 heteroatoms. The van der Waals surface area contributed by atoms with Gasteiger partial charge in [-0.05, 0) is 34.1 Å². The summed E-state index contributed by atoms with van der Waals surface area (Å²) >= 11 is 0. The van der Waals surface area contributed by atoms with Crippen LogP contribution in [0, 0.1) is 5.92 Å². The minimum absolute atomic E-state index is 0.138. The van der Waals surface area contributed by atoms with Crippen LogP contribution in [0.5, 0.6) is 0 Å². The van der Waals surface area contributed by atoms with Gasteiger partial charge in [0.25, 0.3) is 0 Å². The lowest BCUT2D eigenvalue weighted by Crippen LogP contribution is -2.35. The molecule has 4 nitrogen and oxygen atoms in total. The van der Waals surface area contributed by atoms with E-state index in [4.69, 9.17) is 4.74 Å². The van der Waals surface area contributed by atoms with Crippen LogP contribution in [0.2, 0.25) is 0 Å². The summed E-state index contributed by atoms with van der Waals surface area (Å²) in [6.07, 6.45) is 5.42. The lowest BCUT2D eigenvalue weighted by Gasteiger charge is -2.22. The molecular weight excluding hydrogens is 226 g/mol. The summed E-state index contributed by atoms with van der Waals surface area (Å²) in [5.41, 5.74) is 1.39. The van der Waals surface area contributed by atoms with Gasteiger partial charge in [-0.15, -0.1) is 0 Å². The molecule has 1 aliphatic rings. The van der Waals surface area contributed by atoms with Crippen molar-refractivity contribution in [1.29, 1.82) is 0 Å². The Morgan fingerprint density at radius 1 is 1.50 bits per heavy atom. The maximum Gasteiger partial charge on any atom is 0.0948 e. The van der Waals surface area contributed by atoms with Gasteiger partial charge in [-0.2, -0.15) is 0 Å². The topological polar surface area (TPSA) is 39.1 Å². The molecule has 1 fully saturated rings. The second-order valence-electron chi connectivity index (χ2n) is 6.27. The third kappa shape index (κ3) is 3.56. The van der Waals surface area contributed by atoms with Gasteiger partial charge in [0.2, 0.25) is 0 Å². The lowest BCUT2D eigenvalue weighted by molar-refractivity contribution is 0.101. The second-order valence-corrected chi connectivity index (χ2v) is 6.27. The maximum atomic E-state index is 5.62. The molecule has 1 aromatic heterocycles. The number of rotatable bonds is 4. The molecule has 1 aromatic rings. The van der Waals surface area contributed by atoms with Crippen molar-refractivity contribution in [2.45, 2.75) is 58.8 Å². The second kappa shape index (κ2) is 5.41. The molecule has 1 aliphatic heterocycles. The van der Waals surface area contributed by atoms with Gasteiger partial charge in [0, 0.05) is 37.4 Å². The fourth-order valence-corrected chi connectivity index (χ4v) is 2.28. The number of nitrogens with zero attached hydrogens (tertiary/aromatic N) is 2. The van der Waals surface area contributed by atoms with Crippen LogP contribution in [0.1, 0.15) is 39.8 Å². The monoisotopic (exact) mass is 251 g/mol. The molecule has 102 valence electrons. The van der Waals surface area contributed by atoms with E-state index in [0.717, 1.165) is 26.1 Å². The molecule has 1 saturated heterocycles. The quantitative estimate of drug-likeness (QED) is 0.891. The Kier molecular flexibility index (Phi) is 4.07. The molecule has 0 aliphatic carbocycles. The van der Waals surface area contributed by atoms with Gasteiger partial charge in [0.1, 0.15) is 0 Å². The zero-order valence-electron chi connectivity index (χ0n) is 11.9. The van der Waals surface area contributed by atoms with Gasteiger partial charge >= 0.3 is 0 Å². The average molecular weight is 251 g/mol. The Morgan fingerprint density at radius 3 is 2.89 bits per heavy atom. The molecule has 2 atom stereocenters. The predicted octanol–water partition coefficient (Wildman–Crippen LogP) is 2.20. The molecule has 0 aromatic carbocycles. The first-order valence-electron chi connectivity index (χ1n) is 6.81. The first-order chi connectivity index (χ1) is 8.46. The van der Waals surface area contributed by atoms with Crippen LogP contribution in [0.15, 0.2) is 12.5 Å². The van der Waals surface area contributed by atoms with Crippen molar-refractivity contribution in [3.8, 4) is 0 Å². The van der Waals surface area contributed by atoms with E-state index in [1.54, 1.807) is 0 Å². The Bertz CT molecular complexity index is 381. The number of ether oxygens (including phenoxy) is 1. The number of imidazole rings is 1. The van der Waals surface area contributed by atoms with Crippen molar-refractivity contribution in [2.24, 2.45) is 5.92 Å². The van der Waals surface area contributed by atoms with Crippen molar-refractivity contribution in [2.75, 3.05) is 6.61 Å². The van der Waals surface area contributed by atoms with Crippen LogP contribution in [0.3, 0.4) is 0 Å². The molecule has 2 heterocycles. The van der Waals surface area contributed by atoms with E-state index in [0.29, 0.717) is 12.0 Å². The molecule has 1 N–H and O–H groups in total. The first-order valence-corrected chi connectivity index (χ1v) is 6.81. The van der Waals surface area contributed by atoms with E-state index in [-0.39, 0.29) is 5.54 Å². The third-order valence-corrected chi connectivity index (χ3v) is 3.56. The lowest BCUT2D eigenvalue weighted by atomic mass is 10.0. The molecular formula is C14H25N3O. The Hall–Kier alpha value is -0.870. The van der Waals surface area contributed by atoms with Gasteiger partial charge in [-0.25, -0.2) is 4.98 Å². The van der Waals surface area contributed by atoms with E-state index < -0.39 is 0 Å². The highest BCUT2D eigenvalue weighted by molar-refractivity contribution is 4.99. The highest BCUT2D eigenvalue weighted by Crippen LogP contribution is 2.22. The summed E-state index contributed by atoms with van der Waals surface area (Å²) in [6.45, 7) is 11.5. The normalized spacial score (nSPS) is 24.7. The van der Waals surface area contributed by atoms with E-state index in [9.17, 15) is 0 Å². The Labute approximate surface area is 110 Å². The Morgan fingerprint density at radius 2 is 2.28 bits per heavy atom. The summed E-state index contributed by atoms with van der Waals surface area (Å²) in [4.78, 5) is 4.27. The van der Waals surface area contributed by atoms with Gasteiger partial charge in [0.05, 0.1) is 18.1 Å². The molecule has 0 bridgehead atoms. The zero-order chi connectivity index (χ0) is 13.2. The largest absolute Gasteiger partial charge is 0.378 e. The molecule has 0 spiro atoms. The summed E-state index contributed by atoms with van der Waals surface area (Å²) < 4.78 is 7.88. The van der Waals surface area contributed by atoms with Crippen molar-refractivity contribution < 1.29 is 4.74 Å². The van der Waals surface area contributed by atoms with Crippen molar-refractivity contribution in [3.63, 3.8) is 0 Å². The van der Waals surface area contributed by atoms with Crippen LogP contribution in [-0.4, -0.2) is 27.8 Å². The number of aromatic nitrogens is 2. The van der Waals surface area contributed by atoms with Gasteiger partial charge < -0.3 is 14.6 Å². The van der Waals surface area contributed by atoms with Crippen LogP contribution in [-0.2, 0) is 17.8 Å². The predicted molar refractivity (Wildman–Crippen MR) is 72.3 cm³/mol. The highest BCUT2D eigenvalue weighted by atomic mass is 16.5. The molecule has 2 rings (SSSR count). The van der Waals surface area contributed by atoms with E-state index >= 15 is 0 Å². The fourth-order valence-electron chi connectivity index (χ4n) is 2.28. The van der Waals surface area contributed by atoms with Crippen LogP contribution in [0.4, 0.5) is 0 Å². The number of hydrogen-bond acceptors (Lipinski definition) is 3. The standard InChI is InChI=1S/C14H25N3O/c1-11-12(5-6-18-11)9-17-10-15-7-13(17)8-16-14(2,3)4/h7,10-12,16H,5-6,8-9H2,1-4H3. The van der Waals surface area contributed by atoms with Crippen LogP contribution < -0.4 is 5.32 Å². The average Bonchev–Trinajstić information content (AvgIpc) is 2.86. The number of hydrogen-bond donors (Lipinski definition) is 1. The molecule has 0 radical (unpaired) electrons. The smallest absolute Gasteiger partial charge is 0.0948 e. The van der Waals surface area contributed by atoms with Gasteiger partial charge in [-0.3, -0.25) is 0 Å². The highest BCUT2D eigenvalue weighted by Gasteiger charge is 2.25. The molecule has 2 unspecified atom stereocenters. The van der Waals surface area contributed by atoms with Gasteiger partial charge in [-0.1, -0.05) is 0 Å². The van der Waals surface area contributed by atoms with E-state index in [1.165, 1.54) is 5.69 Å². The fraction of sp³-hybridized carbons (Fsp3) is 0.786. The van der Waals surface area contributed by atoms with E-state index in [2.05, 4.69) is 42.6 Å². The molecule has 18 heavy (non-hydrogen) atoms. The first kappa shape index (κ1) is 13.6. The van der Waals surface area contributed by atoms with Crippen LogP contribution >= 0.6 is 0 Å². The van der Waals surface area contributed by atoms with Crippen molar-refractivity contribution in [1.82, 2.24) is 14.9 Å². The van der Waals surface area contributed by atoms with E-state index in [1.807, 2.05) is 12.5 Å². The number of nitrogens with one attached hydrogen (secondary N) is 1. The summed E-state index contributed by atoms with van der Waals surface area (Å²) in [5, 5.41) is 3.51. The summed E-state index contributed by atoms with van der Waals surface area (Å²) in [7, 11) is 0. The molecule has 0 saturated carbocycles. The minimum atomic E-state index is 0.138.